The minimum absolute atomic E-state index is 0.159. The van der Waals surface area contributed by atoms with Crippen molar-refractivity contribution in [3.63, 3.8) is 0 Å². The molecule has 0 fully saturated rings. The normalized spacial score (nSPS) is 11.4. The molecule has 0 radical (unpaired) electrons. The van der Waals surface area contributed by atoms with Gasteiger partial charge < -0.3 is 10.5 Å². The molecule has 1 heterocycles. The van der Waals surface area contributed by atoms with Crippen LogP contribution in [0.3, 0.4) is 0 Å². The Kier molecular flexibility index (Phi) is 4.19. The van der Waals surface area contributed by atoms with E-state index in [9.17, 15) is 0 Å². The molecular formula is C16H19ClN2O. The van der Waals surface area contributed by atoms with Gasteiger partial charge in [-0.15, -0.1) is 0 Å². The maximum absolute atomic E-state index is 5.84. The fourth-order valence-corrected chi connectivity index (χ4v) is 1.94. The fourth-order valence-electron chi connectivity index (χ4n) is 1.80. The summed E-state index contributed by atoms with van der Waals surface area (Å²) in [4.78, 5) is 4.07. The molecule has 3 nitrogen and oxygen atoms in total. The van der Waals surface area contributed by atoms with E-state index in [1.807, 2.05) is 12.1 Å². The first-order valence-electron chi connectivity index (χ1n) is 6.63. The number of rotatable bonds is 4. The molecule has 1 aromatic carbocycles. The minimum Gasteiger partial charge on any atom is -0.437 e. The number of halogens is 1. The first kappa shape index (κ1) is 14.7. The molecule has 2 rings (SSSR count). The number of pyridine rings is 1. The van der Waals surface area contributed by atoms with Crippen molar-refractivity contribution < 1.29 is 4.74 Å². The van der Waals surface area contributed by atoms with Gasteiger partial charge in [-0.3, -0.25) is 0 Å². The lowest BCUT2D eigenvalue weighted by atomic mass is 9.82. The van der Waals surface area contributed by atoms with Crippen LogP contribution in [-0.4, -0.2) is 4.98 Å². The standard InChI is InChI=1S/C16H19ClN2O/c1-4-16(2,3)11-5-7-12(8-6-11)20-15-13(18)9-10-14(17)19-15/h5-10H,4,18H2,1-3H3. The molecular weight excluding hydrogens is 272 g/mol. The van der Waals surface area contributed by atoms with Crippen molar-refractivity contribution in [3.8, 4) is 11.6 Å². The number of anilines is 1. The summed E-state index contributed by atoms with van der Waals surface area (Å²) < 4.78 is 5.67. The SMILES string of the molecule is CCC(C)(C)c1ccc(Oc2nc(Cl)ccc2N)cc1. The highest BCUT2D eigenvalue weighted by molar-refractivity contribution is 6.29. The van der Waals surface area contributed by atoms with Gasteiger partial charge in [0.2, 0.25) is 5.88 Å². The van der Waals surface area contributed by atoms with E-state index in [0.29, 0.717) is 22.5 Å². The molecule has 0 bridgehead atoms. The zero-order valence-electron chi connectivity index (χ0n) is 12.0. The molecule has 2 N–H and O–H groups in total. The van der Waals surface area contributed by atoms with E-state index in [2.05, 4.69) is 37.9 Å². The van der Waals surface area contributed by atoms with Gasteiger partial charge in [0.1, 0.15) is 10.9 Å². The van der Waals surface area contributed by atoms with Gasteiger partial charge in [0, 0.05) is 0 Å². The molecule has 0 aliphatic rings. The number of nitrogen functional groups attached to an aromatic ring is 1. The second-order valence-corrected chi connectivity index (χ2v) is 5.78. The summed E-state index contributed by atoms with van der Waals surface area (Å²) in [5.41, 5.74) is 7.71. The maximum atomic E-state index is 5.84. The molecule has 0 aliphatic carbocycles. The van der Waals surface area contributed by atoms with Crippen molar-refractivity contribution in [2.75, 3.05) is 5.73 Å². The summed E-state index contributed by atoms with van der Waals surface area (Å²) in [5.74, 6) is 1.03. The summed E-state index contributed by atoms with van der Waals surface area (Å²) >= 11 is 5.84. The first-order valence-corrected chi connectivity index (χ1v) is 7.00. The molecule has 0 aliphatic heterocycles. The van der Waals surface area contributed by atoms with Crippen LogP contribution in [0.1, 0.15) is 32.8 Å². The third kappa shape index (κ3) is 3.23. The van der Waals surface area contributed by atoms with Gasteiger partial charge in [0.15, 0.2) is 0 Å². The molecule has 0 spiro atoms. The summed E-state index contributed by atoms with van der Waals surface area (Å²) in [6.07, 6.45) is 1.08. The van der Waals surface area contributed by atoms with Crippen molar-refractivity contribution in [1.29, 1.82) is 0 Å². The molecule has 0 unspecified atom stereocenters. The zero-order valence-corrected chi connectivity index (χ0v) is 12.7. The highest BCUT2D eigenvalue weighted by Crippen LogP contribution is 2.31. The Bertz CT molecular complexity index is 594. The average molecular weight is 291 g/mol. The van der Waals surface area contributed by atoms with Gasteiger partial charge in [0.25, 0.3) is 0 Å². The van der Waals surface area contributed by atoms with E-state index in [1.54, 1.807) is 12.1 Å². The minimum atomic E-state index is 0.159. The van der Waals surface area contributed by atoms with Crippen molar-refractivity contribution in [1.82, 2.24) is 4.98 Å². The van der Waals surface area contributed by atoms with Gasteiger partial charge in [-0.2, -0.15) is 4.98 Å². The topological polar surface area (TPSA) is 48.1 Å². The Morgan fingerprint density at radius 1 is 1.15 bits per heavy atom. The quantitative estimate of drug-likeness (QED) is 0.823. The largest absolute Gasteiger partial charge is 0.437 e. The van der Waals surface area contributed by atoms with E-state index in [0.717, 1.165) is 6.42 Å². The van der Waals surface area contributed by atoms with Gasteiger partial charge in [-0.1, -0.05) is 44.5 Å². The zero-order chi connectivity index (χ0) is 14.8. The van der Waals surface area contributed by atoms with E-state index in [4.69, 9.17) is 22.1 Å². The second-order valence-electron chi connectivity index (χ2n) is 5.39. The molecule has 0 saturated heterocycles. The first-order chi connectivity index (χ1) is 9.42. The van der Waals surface area contributed by atoms with Crippen molar-refractivity contribution >= 4 is 17.3 Å². The van der Waals surface area contributed by atoms with Crippen LogP contribution in [0, 0.1) is 0 Å². The predicted octanol–water partition coefficient (Wildman–Crippen LogP) is 4.80. The average Bonchev–Trinajstić information content (AvgIpc) is 2.43. The number of hydrogen-bond donors (Lipinski definition) is 1. The highest BCUT2D eigenvalue weighted by Gasteiger charge is 2.17. The van der Waals surface area contributed by atoms with Crippen LogP contribution in [0.5, 0.6) is 11.6 Å². The summed E-state index contributed by atoms with van der Waals surface area (Å²) in [6.45, 7) is 6.62. The molecule has 20 heavy (non-hydrogen) atoms. The van der Waals surface area contributed by atoms with Crippen molar-refractivity contribution in [2.45, 2.75) is 32.6 Å². The van der Waals surface area contributed by atoms with Crippen LogP contribution in [0.2, 0.25) is 5.15 Å². The number of benzene rings is 1. The predicted molar refractivity (Wildman–Crippen MR) is 83.5 cm³/mol. The Balaban J connectivity index is 2.21. The molecule has 0 atom stereocenters. The number of hydrogen-bond acceptors (Lipinski definition) is 3. The summed E-state index contributed by atoms with van der Waals surface area (Å²) in [7, 11) is 0. The van der Waals surface area contributed by atoms with Crippen LogP contribution < -0.4 is 10.5 Å². The van der Waals surface area contributed by atoms with E-state index in [-0.39, 0.29) is 5.41 Å². The molecule has 106 valence electrons. The number of ether oxygens (including phenoxy) is 1. The van der Waals surface area contributed by atoms with Crippen LogP contribution in [0.4, 0.5) is 5.69 Å². The summed E-state index contributed by atoms with van der Waals surface area (Å²) in [6, 6.07) is 11.3. The fraction of sp³-hybridized carbons (Fsp3) is 0.312. The van der Waals surface area contributed by atoms with Crippen LogP contribution in [-0.2, 0) is 5.41 Å². The number of nitrogens with zero attached hydrogens (tertiary/aromatic N) is 1. The molecule has 0 saturated carbocycles. The maximum Gasteiger partial charge on any atom is 0.244 e. The third-order valence-electron chi connectivity index (χ3n) is 3.59. The van der Waals surface area contributed by atoms with Gasteiger partial charge in [-0.05, 0) is 41.7 Å². The van der Waals surface area contributed by atoms with E-state index < -0.39 is 0 Å². The third-order valence-corrected chi connectivity index (χ3v) is 3.80. The van der Waals surface area contributed by atoms with E-state index in [1.165, 1.54) is 5.56 Å². The molecule has 0 amide bonds. The second kappa shape index (κ2) is 5.71. The Morgan fingerprint density at radius 3 is 2.40 bits per heavy atom. The lowest BCUT2D eigenvalue weighted by Crippen LogP contribution is -2.14. The molecule has 2 aromatic rings. The lowest BCUT2D eigenvalue weighted by Gasteiger charge is -2.23. The lowest BCUT2D eigenvalue weighted by molar-refractivity contribution is 0.463. The number of nitrogens with two attached hydrogens (primary N) is 1. The van der Waals surface area contributed by atoms with Gasteiger partial charge >= 0.3 is 0 Å². The van der Waals surface area contributed by atoms with Crippen LogP contribution in [0.25, 0.3) is 0 Å². The van der Waals surface area contributed by atoms with Crippen LogP contribution in [0.15, 0.2) is 36.4 Å². The van der Waals surface area contributed by atoms with Crippen molar-refractivity contribution in [2.24, 2.45) is 0 Å². The van der Waals surface area contributed by atoms with Crippen molar-refractivity contribution in [3.05, 3.63) is 47.1 Å². The number of aromatic nitrogens is 1. The molecule has 1 aromatic heterocycles. The monoisotopic (exact) mass is 290 g/mol. The Morgan fingerprint density at radius 2 is 1.80 bits per heavy atom. The Hall–Kier alpha value is -1.74. The highest BCUT2D eigenvalue weighted by atomic mass is 35.5. The van der Waals surface area contributed by atoms with E-state index >= 15 is 0 Å². The van der Waals surface area contributed by atoms with Gasteiger partial charge in [-0.25, -0.2) is 0 Å². The molecule has 4 heteroatoms. The van der Waals surface area contributed by atoms with Crippen LogP contribution >= 0.6 is 11.6 Å². The Labute approximate surface area is 124 Å². The smallest absolute Gasteiger partial charge is 0.244 e. The summed E-state index contributed by atoms with van der Waals surface area (Å²) in [5, 5.41) is 0.359. The van der Waals surface area contributed by atoms with Gasteiger partial charge in [0.05, 0.1) is 5.69 Å².